The lowest BCUT2D eigenvalue weighted by atomic mass is 10.1. The first-order valence-electron chi connectivity index (χ1n) is 6.48. The normalized spacial score (nSPS) is 11.4. The molecule has 7 heteroatoms. The summed E-state index contributed by atoms with van der Waals surface area (Å²) >= 11 is 0. The summed E-state index contributed by atoms with van der Waals surface area (Å²) in [5, 5.41) is 0. The van der Waals surface area contributed by atoms with Crippen molar-refractivity contribution in [1.29, 1.82) is 0 Å². The van der Waals surface area contributed by atoms with Crippen LogP contribution in [0.2, 0.25) is 0 Å². The van der Waals surface area contributed by atoms with Crippen LogP contribution < -0.4 is 4.72 Å². The van der Waals surface area contributed by atoms with Crippen LogP contribution in [0.25, 0.3) is 11.4 Å². The second-order valence-electron chi connectivity index (χ2n) is 4.71. The van der Waals surface area contributed by atoms with E-state index in [9.17, 15) is 13.2 Å². The van der Waals surface area contributed by atoms with E-state index in [0.29, 0.717) is 5.82 Å². The van der Waals surface area contributed by atoms with Crippen molar-refractivity contribution in [1.82, 2.24) is 14.3 Å². The molecule has 1 aromatic carbocycles. The topological polar surface area (TPSA) is 81.1 Å². The fourth-order valence-electron chi connectivity index (χ4n) is 1.92. The molecule has 2 rings (SSSR count). The fourth-order valence-corrected chi connectivity index (χ4v) is 2.45. The lowest BCUT2D eigenvalue weighted by molar-refractivity contribution is 0.0977. The summed E-state index contributed by atoms with van der Waals surface area (Å²) in [7, 11) is -1.83. The number of aromatic nitrogens is 2. The van der Waals surface area contributed by atoms with Gasteiger partial charge >= 0.3 is 0 Å². The van der Waals surface area contributed by atoms with Gasteiger partial charge in [0, 0.05) is 18.8 Å². The van der Waals surface area contributed by atoms with E-state index in [1.165, 1.54) is 13.1 Å². The number of carbonyl (C=O) groups is 1. The van der Waals surface area contributed by atoms with E-state index in [-0.39, 0.29) is 11.4 Å². The summed E-state index contributed by atoms with van der Waals surface area (Å²) in [6, 6.07) is 7.66. The van der Waals surface area contributed by atoms with Gasteiger partial charge in [-0.25, -0.2) is 18.1 Å². The Morgan fingerprint density at radius 2 is 2.00 bits per heavy atom. The lowest BCUT2D eigenvalue weighted by Gasteiger charge is -2.04. The summed E-state index contributed by atoms with van der Waals surface area (Å²) < 4.78 is 26.6. The van der Waals surface area contributed by atoms with Gasteiger partial charge in [-0.15, -0.1) is 0 Å². The number of imidazole rings is 1. The third-order valence-corrected chi connectivity index (χ3v) is 4.38. The standard InChI is InChI=1S/C14H17N3O3S/c1-4-21(19,20)16-14(18)12-9-17(3)13(15-12)11-8-6-5-7-10(11)2/h5-9H,4H2,1-3H3,(H,16,18). The highest BCUT2D eigenvalue weighted by Crippen LogP contribution is 2.21. The zero-order valence-electron chi connectivity index (χ0n) is 12.1. The number of carbonyl (C=O) groups excluding carboxylic acids is 1. The molecule has 0 unspecified atom stereocenters. The van der Waals surface area contributed by atoms with E-state index < -0.39 is 15.9 Å². The second-order valence-corrected chi connectivity index (χ2v) is 6.72. The molecule has 0 radical (unpaired) electrons. The monoisotopic (exact) mass is 307 g/mol. The quantitative estimate of drug-likeness (QED) is 0.927. The number of rotatable bonds is 4. The molecule has 0 atom stereocenters. The molecule has 6 nitrogen and oxygen atoms in total. The highest BCUT2D eigenvalue weighted by atomic mass is 32.2. The molecule has 1 aromatic heterocycles. The SMILES string of the molecule is CCS(=O)(=O)NC(=O)c1cn(C)c(-c2ccccc2C)n1. The maximum Gasteiger partial charge on any atom is 0.284 e. The minimum Gasteiger partial charge on any atom is -0.333 e. The van der Waals surface area contributed by atoms with E-state index in [1.807, 2.05) is 35.9 Å². The van der Waals surface area contributed by atoms with E-state index in [4.69, 9.17) is 0 Å². The molecule has 2 aromatic rings. The Morgan fingerprint density at radius 1 is 1.33 bits per heavy atom. The van der Waals surface area contributed by atoms with Gasteiger partial charge < -0.3 is 4.57 Å². The van der Waals surface area contributed by atoms with Crippen molar-refractivity contribution in [2.75, 3.05) is 5.75 Å². The molecule has 0 saturated carbocycles. The predicted octanol–water partition coefficient (Wildman–Crippen LogP) is 1.48. The summed E-state index contributed by atoms with van der Waals surface area (Å²) in [4.78, 5) is 16.2. The van der Waals surface area contributed by atoms with Crippen LogP contribution in [-0.2, 0) is 17.1 Å². The lowest BCUT2D eigenvalue weighted by Crippen LogP contribution is -2.32. The minimum absolute atomic E-state index is 0.0766. The summed E-state index contributed by atoms with van der Waals surface area (Å²) in [5.74, 6) is -0.254. The average molecular weight is 307 g/mol. The molecule has 0 aliphatic heterocycles. The molecule has 0 spiro atoms. The number of sulfonamides is 1. The van der Waals surface area contributed by atoms with Gasteiger partial charge in [0.2, 0.25) is 10.0 Å². The molecule has 112 valence electrons. The Morgan fingerprint density at radius 3 is 2.62 bits per heavy atom. The van der Waals surface area contributed by atoms with E-state index in [2.05, 4.69) is 4.98 Å². The number of nitrogens with one attached hydrogen (secondary N) is 1. The van der Waals surface area contributed by atoms with Crippen molar-refractivity contribution in [2.24, 2.45) is 7.05 Å². The Kier molecular flexibility index (Phi) is 4.13. The van der Waals surface area contributed by atoms with E-state index in [0.717, 1.165) is 11.1 Å². The molecule has 21 heavy (non-hydrogen) atoms. The molecule has 0 bridgehead atoms. The fraction of sp³-hybridized carbons (Fsp3) is 0.286. The molecule has 0 fully saturated rings. The first-order valence-corrected chi connectivity index (χ1v) is 8.13. The van der Waals surface area contributed by atoms with Gasteiger partial charge in [-0.3, -0.25) is 4.79 Å². The third-order valence-electron chi connectivity index (χ3n) is 3.12. The van der Waals surface area contributed by atoms with Crippen molar-refractivity contribution in [2.45, 2.75) is 13.8 Å². The number of amides is 1. The zero-order valence-corrected chi connectivity index (χ0v) is 12.9. The van der Waals surface area contributed by atoms with Crippen molar-refractivity contribution in [3.63, 3.8) is 0 Å². The summed E-state index contributed by atoms with van der Waals surface area (Å²) in [6.07, 6.45) is 1.52. The maximum absolute atomic E-state index is 11.9. The smallest absolute Gasteiger partial charge is 0.284 e. The number of hydrogen-bond acceptors (Lipinski definition) is 4. The van der Waals surface area contributed by atoms with Gasteiger partial charge in [0.25, 0.3) is 5.91 Å². The van der Waals surface area contributed by atoms with Crippen molar-refractivity contribution in [3.8, 4) is 11.4 Å². The molecule has 1 amide bonds. The Balaban J connectivity index is 2.36. The van der Waals surface area contributed by atoms with Crippen LogP contribution in [0.4, 0.5) is 0 Å². The maximum atomic E-state index is 11.9. The Hall–Kier alpha value is -2.15. The van der Waals surface area contributed by atoms with Crippen LogP contribution in [0.3, 0.4) is 0 Å². The third kappa shape index (κ3) is 3.30. The van der Waals surface area contributed by atoms with Gasteiger partial charge in [-0.1, -0.05) is 24.3 Å². The predicted molar refractivity (Wildman–Crippen MR) is 80.3 cm³/mol. The van der Waals surface area contributed by atoms with E-state index in [1.54, 1.807) is 11.6 Å². The number of aryl methyl sites for hydroxylation is 2. The van der Waals surface area contributed by atoms with Crippen LogP contribution in [0.15, 0.2) is 30.5 Å². The van der Waals surface area contributed by atoms with Gasteiger partial charge in [0.1, 0.15) is 11.5 Å². The zero-order chi connectivity index (χ0) is 15.6. The number of benzene rings is 1. The van der Waals surface area contributed by atoms with Crippen LogP contribution in [-0.4, -0.2) is 29.6 Å². The molecule has 0 aliphatic rings. The molecule has 0 saturated heterocycles. The van der Waals surface area contributed by atoms with Crippen LogP contribution >= 0.6 is 0 Å². The van der Waals surface area contributed by atoms with Gasteiger partial charge in [0.15, 0.2) is 0 Å². The molecule has 1 heterocycles. The molecular weight excluding hydrogens is 290 g/mol. The van der Waals surface area contributed by atoms with Crippen LogP contribution in [0.1, 0.15) is 23.0 Å². The Bertz CT molecular complexity index is 779. The number of hydrogen-bond donors (Lipinski definition) is 1. The van der Waals surface area contributed by atoms with Crippen molar-refractivity contribution in [3.05, 3.63) is 41.7 Å². The summed E-state index contributed by atoms with van der Waals surface area (Å²) in [6.45, 7) is 3.41. The van der Waals surface area contributed by atoms with Gasteiger partial charge in [-0.2, -0.15) is 0 Å². The first kappa shape index (κ1) is 15.2. The second kappa shape index (κ2) is 5.69. The van der Waals surface area contributed by atoms with Gasteiger partial charge in [0.05, 0.1) is 5.75 Å². The van der Waals surface area contributed by atoms with Gasteiger partial charge in [-0.05, 0) is 19.4 Å². The molecule has 1 N–H and O–H groups in total. The largest absolute Gasteiger partial charge is 0.333 e. The highest BCUT2D eigenvalue weighted by molar-refractivity contribution is 7.90. The van der Waals surface area contributed by atoms with Crippen molar-refractivity contribution < 1.29 is 13.2 Å². The van der Waals surface area contributed by atoms with Crippen LogP contribution in [0, 0.1) is 6.92 Å². The summed E-state index contributed by atoms with van der Waals surface area (Å²) in [5.41, 5.74) is 2.00. The Labute approximate surface area is 123 Å². The highest BCUT2D eigenvalue weighted by Gasteiger charge is 2.18. The first-order chi connectivity index (χ1) is 9.84. The van der Waals surface area contributed by atoms with Crippen LogP contribution in [0.5, 0.6) is 0 Å². The molecule has 0 aliphatic carbocycles. The minimum atomic E-state index is -3.59. The number of nitrogens with zero attached hydrogens (tertiary/aromatic N) is 2. The van der Waals surface area contributed by atoms with Crippen molar-refractivity contribution >= 4 is 15.9 Å². The van der Waals surface area contributed by atoms with E-state index >= 15 is 0 Å². The average Bonchev–Trinajstić information content (AvgIpc) is 2.81. The molecular formula is C14H17N3O3S.